The van der Waals surface area contributed by atoms with E-state index in [2.05, 4.69) is 10.6 Å². The minimum Gasteiger partial charge on any atom is -0.475 e. The first-order valence-electron chi connectivity index (χ1n) is 7.64. The predicted molar refractivity (Wildman–Crippen MR) is 85.6 cm³/mol. The number of carboxylic acid groups (broad SMARTS) is 1. The summed E-state index contributed by atoms with van der Waals surface area (Å²) in [7, 11) is 0. The molecular formula is C16H22N2O7. The van der Waals surface area contributed by atoms with Crippen LogP contribution in [0.5, 0.6) is 0 Å². The normalized spacial score (nSPS) is 10.8. The van der Waals surface area contributed by atoms with Crippen molar-refractivity contribution in [3.63, 3.8) is 0 Å². The Morgan fingerprint density at radius 2 is 1.68 bits per heavy atom. The van der Waals surface area contributed by atoms with E-state index in [1.807, 2.05) is 0 Å². The number of aromatic carboxylic acids is 1. The van der Waals surface area contributed by atoms with Crippen molar-refractivity contribution < 1.29 is 33.4 Å². The SMILES string of the molecule is CC(C)(C)OC(=O)CNC(=O)CCC(=O)NCc1ccc(C(=O)O)o1. The molecule has 1 rings (SSSR count). The molecule has 0 bridgehead atoms. The Kier molecular flexibility index (Phi) is 7.16. The first-order valence-corrected chi connectivity index (χ1v) is 7.64. The standard InChI is InChI=1S/C16H22N2O7/c1-16(2,3)25-14(21)9-18-13(20)7-6-12(19)17-8-10-4-5-11(24-10)15(22)23/h4-5H,6-9H2,1-3H3,(H,17,19)(H,18,20)(H,22,23). The van der Waals surface area contributed by atoms with Crippen molar-refractivity contribution in [1.82, 2.24) is 10.6 Å². The van der Waals surface area contributed by atoms with Gasteiger partial charge in [-0.25, -0.2) is 4.79 Å². The van der Waals surface area contributed by atoms with Crippen LogP contribution in [0.3, 0.4) is 0 Å². The van der Waals surface area contributed by atoms with Gasteiger partial charge in [0.1, 0.15) is 17.9 Å². The highest BCUT2D eigenvalue weighted by Gasteiger charge is 2.17. The van der Waals surface area contributed by atoms with Crippen LogP contribution in [0.2, 0.25) is 0 Å². The van der Waals surface area contributed by atoms with E-state index < -0.39 is 29.4 Å². The molecule has 138 valence electrons. The fraction of sp³-hybridized carbons (Fsp3) is 0.500. The van der Waals surface area contributed by atoms with Gasteiger partial charge in [-0.2, -0.15) is 0 Å². The monoisotopic (exact) mass is 354 g/mol. The van der Waals surface area contributed by atoms with E-state index in [1.165, 1.54) is 12.1 Å². The lowest BCUT2D eigenvalue weighted by atomic mass is 10.2. The van der Waals surface area contributed by atoms with Gasteiger partial charge in [0.15, 0.2) is 0 Å². The number of rotatable bonds is 8. The number of carbonyl (C=O) groups excluding carboxylic acids is 3. The van der Waals surface area contributed by atoms with Gasteiger partial charge in [0, 0.05) is 12.8 Å². The van der Waals surface area contributed by atoms with Crippen LogP contribution >= 0.6 is 0 Å². The van der Waals surface area contributed by atoms with Gasteiger partial charge in [-0.1, -0.05) is 0 Å². The molecule has 0 saturated heterocycles. The molecule has 0 unspecified atom stereocenters. The summed E-state index contributed by atoms with van der Waals surface area (Å²) in [4.78, 5) is 45.3. The molecule has 0 aliphatic carbocycles. The van der Waals surface area contributed by atoms with E-state index in [0.29, 0.717) is 5.76 Å². The molecule has 2 amide bonds. The first kappa shape index (κ1) is 20.2. The zero-order valence-corrected chi connectivity index (χ0v) is 14.4. The van der Waals surface area contributed by atoms with Crippen LogP contribution in [0.1, 0.15) is 49.9 Å². The molecule has 0 fully saturated rings. The van der Waals surface area contributed by atoms with Crippen molar-refractivity contribution in [2.45, 2.75) is 45.8 Å². The number of furan rings is 1. The maximum absolute atomic E-state index is 11.6. The van der Waals surface area contributed by atoms with Crippen LogP contribution in [0.25, 0.3) is 0 Å². The Labute approximate surface area is 144 Å². The summed E-state index contributed by atoms with van der Waals surface area (Å²) in [5, 5.41) is 13.6. The summed E-state index contributed by atoms with van der Waals surface area (Å²) >= 11 is 0. The second-order valence-corrected chi connectivity index (χ2v) is 6.21. The Morgan fingerprint density at radius 1 is 1.08 bits per heavy atom. The van der Waals surface area contributed by atoms with Crippen LogP contribution in [0, 0.1) is 0 Å². The molecule has 1 aromatic rings. The second-order valence-electron chi connectivity index (χ2n) is 6.21. The zero-order chi connectivity index (χ0) is 19.0. The molecule has 0 radical (unpaired) electrons. The van der Waals surface area contributed by atoms with E-state index in [1.54, 1.807) is 20.8 Å². The first-order chi connectivity index (χ1) is 11.6. The number of ether oxygens (including phenoxy) is 1. The van der Waals surface area contributed by atoms with Gasteiger partial charge >= 0.3 is 11.9 Å². The molecule has 0 saturated carbocycles. The predicted octanol–water partition coefficient (Wildman–Crippen LogP) is 0.832. The minimum absolute atomic E-state index is 0.0195. The van der Waals surface area contributed by atoms with E-state index >= 15 is 0 Å². The molecular weight excluding hydrogens is 332 g/mol. The van der Waals surface area contributed by atoms with Gasteiger partial charge in [-0.15, -0.1) is 0 Å². The van der Waals surface area contributed by atoms with Crippen LogP contribution in [0.4, 0.5) is 0 Å². The summed E-state index contributed by atoms with van der Waals surface area (Å²) in [6.45, 7) is 4.91. The third kappa shape index (κ3) is 8.54. The van der Waals surface area contributed by atoms with Gasteiger partial charge in [0.05, 0.1) is 6.54 Å². The molecule has 25 heavy (non-hydrogen) atoms. The minimum atomic E-state index is -1.20. The number of hydrogen-bond donors (Lipinski definition) is 3. The molecule has 0 aliphatic rings. The number of carbonyl (C=O) groups is 4. The molecule has 1 aromatic heterocycles. The van der Waals surface area contributed by atoms with E-state index in [-0.39, 0.29) is 31.7 Å². The Hall–Kier alpha value is -2.84. The number of amides is 2. The number of nitrogens with one attached hydrogen (secondary N) is 2. The van der Waals surface area contributed by atoms with E-state index in [0.717, 1.165) is 0 Å². The summed E-state index contributed by atoms with van der Waals surface area (Å²) in [5.74, 6) is -2.53. The van der Waals surface area contributed by atoms with E-state index in [4.69, 9.17) is 14.3 Å². The molecule has 0 atom stereocenters. The highest BCUT2D eigenvalue weighted by molar-refractivity contribution is 5.86. The summed E-state index contributed by atoms with van der Waals surface area (Å²) in [5.41, 5.74) is -0.631. The Balaban J connectivity index is 2.23. The Bertz CT molecular complexity index is 643. The van der Waals surface area contributed by atoms with Crippen molar-refractivity contribution in [3.05, 3.63) is 23.7 Å². The Morgan fingerprint density at radius 3 is 2.20 bits per heavy atom. The quantitative estimate of drug-likeness (QED) is 0.588. The van der Waals surface area contributed by atoms with Crippen molar-refractivity contribution >= 4 is 23.8 Å². The fourth-order valence-electron chi connectivity index (χ4n) is 1.73. The van der Waals surface area contributed by atoms with Gasteiger partial charge in [-0.3, -0.25) is 14.4 Å². The molecule has 0 aromatic carbocycles. The summed E-state index contributed by atoms with van der Waals surface area (Å²) < 4.78 is 10.0. The fourth-order valence-corrected chi connectivity index (χ4v) is 1.73. The van der Waals surface area contributed by atoms with Gasteiger partial charge in [0.25, 0.3) is 0 Å². The average molecular weight is 354 g/mol. The van der Waals surface area contributed by atoms with Gasteiger partial charge < -0.3 is 24.9 Å². The largest absolute Gasteiger partial charge is 0.475 e. The van der Waals surface area contributed by atoms with Crippen molar-refractivity contribution in [3.8, 4) is 0 Å². The highest BCUT2D eigenvalue weighted by Crippen LogP contribution is 2.08. The highest BCUT2D eigenvalue weighted by atomic mass is 16.6. The molecule has 1 heterocycles. The molecule has 3 N–H and O–H groups in total. The smallest absolute Gasteiger partial charge is 0.371 e. The van der Waals surface area contributed by atoms with Gasteiger partial charge in [-0.05, 0) is 32.9 Å². The lowest BCUT2D eigenvalue weighted by Gasteiger charge is -2.19. The second kappa shape index (κ2) is 8.86. The maximum atomic E-state index is 11.6. The van der Waals surface area contributed by atoms with Crippen LogP contribution in [-0.2, 0) is 25.7 Å². The maximum Gasteiger partial charge on any atom is 0.371 e. The third-order valence-electron chi connectivity index (χ3n) is 2.76. The molecule has 0 aliphatic heterocycles. The summed E-state index contributed by atoms with van der Waals surface area (Å²) in [6.07, 6.45) is -0.167. The molecule has 9 nitrogen and oxygen atoms in total. The van der Waals surface area contributed by atoms with Crippen LogP contribution < -0.4 is 10.6 Å². The number of esters is 1. The number of hydrogen-bond acceptors (Lipinski definition) is 6. The van der Waals surface area contributed by atoms with Crippen LogP contribution in [-0.4, -0.2) is 41.0 Å². The molecule has 9 heteroatoms. The van der Waals surface area contributed by atoms with Crippen LogP contribution in [0.15, 0.2) is 16.5 Å². The van der Waals surface area contributed by atoms with Crippen molar-refractivity contribution in [1.29, 1.82) is 0 Å². The summed E-state index contributed by atoms with van der Waals surface area (Å²) in [6, 6.07) is 2.73. The zero-order valence-electron chi connectivity index (χ0n) is 14.4. The molecule has 0 spiro atoms. The van der Waals surface area contributed by atoms with E-state index in [9.17, 15) is 19.2 Å². The van der Waals surface area contributed by atoms with Gasteiger partial charge in [0.2, 0.25) is 17.6 Å². The lowest BCUT2D eigenvalue weighted by molar-refractivity contribution is -0.154. The topological polar surface area (TPSA) is 135 Å². The van der Waals surface area contributed by atoms with Crippen molar-refractivity contribution in [2.24, 2.45) is 0 Å². The van der Waals surface area contributed by atoms with Crippen molar-refractivity contribution in [2.75, 3.05) is 6.54 Å². The third-order valence-corrected chi connectivity index (χ3v) is 2.76. The lowest BCUT2D eigenvalue weighted by Crippen LogP contribution is -2.35. The number of carboxylic acids is 1. The average Bonchev–Trinajstić information content (AvgIpc) is 2.96.